The first-order chi connectivity index (χ1) is 3.80. The maximum Gasteiger partial charge on any atom is 0.154 e. The van der Waals surface area contributed by atoms with Gasteiger partial charge < -0.3 is 4.52 Å². The molecule has 0 unspecified atom stereocenters. The van der Waals surface area contributed by atoms with Gasteiger partial charge in [-0.1, -0.05) is 23.2 Å². The van der Waals surface area contributed by atoms with Crippen LogP contribution in [-0.2, 0) is 0 Å². The van der Waals surface area contributed by atoms with E-state index in [0.29, 0.717) is 5.69 Å². The Labute approximate surface area is 55.6 Å². The molecule has 0 saturated carbocycles. The molecule has 1 heterocycles. The predicted octanol–water partition coefficient (Wildman–Crippen LogP) is 1.55. The normalized spacial score (nSPS) is 10.4. The van der Waals surface area contributed by atoms with Crippen LogP contribution in [0.3, 0.4) is 0 Å². The molecule has 8 heavy (non-hydrogen) atoms. The lowest BCUT2D eigenvalue weighted by Gasteiger charge is -1.85. The van der Waals surface area contributed by atoms with Crippen molar-refractivity contribution in [2.24, 2.45) is 0 Å². The van der Waals surface area contributed by atoms with Crippen molar-refractivity contribution in [1.29, 1.82) is 0 Å². The standard InChI is InChI=1S/C3H2Cl2N2O/c4-3(5)2-1-8-7-6-2/h1,3H. The van der Waals surface area contributed by atoms with Crippen LogP contribution >= 0.6 is 23.2 Å². The Morgan fingerprint density at radius 2 is 2.38 bits per heavy atom. The molecule has 0 aliphatic rings. The molecule has 44 valence electrons. The number of rotatable bonds is 1. The Morgan fingerprint density at radius 3 is 2.62 bits per heavy atom. The molecule has 0 saturated heterocycles. The summed E-state index contributed by atoms with van der Waals surface area (Å²) in [4.78, 5) is -0.638. The van der Waals surface area contributed by atoms with Gasteiger partial charge in [0, 0.05) is 5.27 Å². The summed E-state index contributed by atoms with van der Waals surface area (Å²) in [6.45, 7) is 0. The minimum Gasteiger partial charge on any atom is -0.345 e. The Morgan fingerprint density at radius 1 is 1.62 bits per heavy atom. The highest BCUT2D eigenvalue weighted by atomic mass is 35.5. The maximum absolute atomic E-state index is 5.35. The summed E-state index contributed by atoms with van der Waals surface area (Å²) in [5.41, 5.74) is 0.438. The molecular formula is C3H2Cl2N2O. The number of aromatic nitrogens is 2. The second-order valence-corrected chi connectivity index (χ2v) is 2.23. The summed E-state index contributed by atoms with van der Waals surface area (Å²) >= 11 is 10.7. The van der Waals surface area contributed by atoms with E-state index >= 15 is 0 Å². The zero-order valence-corrected chi connectivity index (χ0v) is 5.23. The number of alkyl halides is 2. The third-order valence-corrected chi connectivity index (χ3v) is 1.05. The van der Waals surface area contributed by atoms with Crippen LogP contribution in [0.4, 0.5) is 0 Å². The maximum atomic E-state index is 5.35. The van der Waals surface area contributed by atoms with Crippen LogP contribution in [0.1, 0.15) is 10.5 Å². The van der Waals surface area contributed by atoms with Crippen LogP contribution in [0.15, 0.2) is 10.8 Å². The van der Waals surface area contributed by atoms with Crippen molar-refractivity contribution in [2.75, 3.05) is 0 Å². The Balaban J connectivity index is 2.77. The number of nitrogens with zero attached hydrogens (tertiary/aromatic N) is 2. The molecular weight excluding hydrogens is 151 g/mol. The summed E-state index contributed by atoms with van der Waals surface area (Å²) in [5.74, 6) is 0. The zero-order chi connectivity index (χ0) is 5.98. The first kappa shape index (κ1) is 5.85. The Kier molecular flexibility index (Phi) is 1.70. The van der Waals surface area contributed by atoms with E-state index < -0.39 is 4.84 Å². The van der Waals surface area contributed by atoms with Gasteiger partial charge >= 0.3 is 0 Å². The van der Waals surface area contributed by atoms with E-state index in [-0.39, 0.29) is 0 Å². The van der Waals surface area contributed by atoms with Gasteiger partial charge in [-0.25, -0.2) is 0 Å². The molecule has 0 atom stereocenters. The monoisotopic (exact) mass is 152 g/mol. The van der Waals surface area contributed by atoms with E-state index in [1.165, 1.54) is 6.26 Å². The summed E-state index contributed by atoms with van der Waals surface area (Å²) < 4.78 is 4.35. The molecule has 0 aromatic carbocycles. The first-order valence-electron chi connectivity index (χ1n) is 1.86. The second-order valence-electron chi connectivity index (χ2n) is 1.13. The van der Waals surface area contributed by atoms with E-state index in [9.17, 15) is 0 Å². The fourth-order valence-corrected chi connectivity index (χ4v) is 0.457. The van der Waals surface area contributed by atoms with Crippen LogP contribution in [0.2, 0.25) is 0 Å². The first-order valence-corrected chi connectivity index (χ1v) is 2.73. The molecule has 5 heteroatoms. The van der Waals surface area contributed by atoms with Crippen molar-refractivity contribution >= 4 is 23.2 Å². The lowest BCUT2D eigenvalue weighted by Crippen LogP contribution is -1.78. The smallest absolute Gasteiger partial charge is 0.154 e. The molecule has 1 rings (SSSR count). The van der Waals surface area contributed by atoms with Crippen LogP contribution in [0.25, 0.3) is 0 Å². The number of halogens is 2. The van der Waals surface area contributed by atoms with Crippen molar-refractivity contribution in [3.63, 3.8) is 0 Å². The molecule has 0 spiro atoms. The second kappa shape index (κ2) is 2.33. The van der Waals surface area contributed by atoms with Gasteiger partial charge in [0.25, 0.3) is 0 Å². The van der Waals surface area contributed by atoms with Crippen molar-refractivity contribution in [3.05, 3.63) is 12.0 Å². The molecule has 3 nitrogen and oxygen atoms in total. The average Bonchev–Trinajstić information content (AvgIpc) is 2.12. The highest BCUT2D eigenvalue weighted by molar-refractivity contribution is 6.43. The highest BCUT2D eigenvalue weighted by Gasteiger charge is 2.05. The minimum atomic E-state index is -0.638. The molecule has 0 bridgehead atoms. The Hall–Kier alpha value is -0.280. The van der Waals surface area contributed by atoms with E-state index in [1.54, 1.807) is 0 Å². The number of hydrogen-bond acceptors (Lipinski definition) is 3. The molecule has 1 aromatic rings. The third-order valence-electron chi connectivity index (χ3n) is 0.600. The minimum absolute atomic E-state index is 0.438. The quantitative estimate of drug-likeness (QED) is 0.574. The molecule has 0 amide bonds. The topological polar surface area (TPSA) is 38.9 Å². The van der Waals surface area contributed by atoms with Crippen molar-refractivity contribution in [1.82, 2.24) is 10.4 Å². The molecule has 0 fully saturated rings. The summed E-state index contributed by atoms with van der Waals surface area (Å²) in [6.07, 6.45) is 1.30. The van der Waals surface area contributed by atoms with Gasteiger partial charge in [-0.2, -0.15) is 0 Å². The van der Waals surface area contributed by atoms with Crippen molar-refractivity contribution < 1.29 is 4.52 Å². The summed E-state index contributed by atoms with van der Waals surface area (Å²) in [5, 5.41) is 6.58. The molecule has 0 N–H and O–H groups in total. The van der Waals surface area contributed by atoms with Gasteiger partial charge in [0.2, 0.25) is 0 Å². The van der Waals surface area contributed by atoms with Crippen molar-refractivity contribution in [2.45, 2.75) is 4.84 Å². The van der Waals surface area contributed by atoms with Gasteiger partial charge in [0.1, 0.15) is 12.0 Å². The van der Waals surface area contributed by atoms with Gasteiger partial charge in [-0.3, -0.25) is 0 Å². The van der Waals surface area contributed by atoms with Crippen LogP contribution in [0.5, 0.6) is 0 Å². The van der Waals surface area contributed by atoms with Gasteiger partial charge in [-0.15, -0.1) is 5.10 Å². The Bertz CT molecular complexity index is 150. The van der Waals surface area contributed by atoms with Crippen LogP contribution in [-0.4, -0.2) is 10.4 Å². The molecule has 0 aliphatic carbocycles. The number of hydrogen-bond donors (Lipinski definition) is 0. The average molecular weight is 153 g/mol. The van der Waals surface area contributed by atoms with E-state index in [1.807, 2.05) is 0 Å². The van der Waals surface area contributed by atoms with Gasteiger partial charge in [0.05, 0.1) is 0 Å². The predicted molar refractivity (Wildman–Crippen MR) is 28.7 cm³/mol. The van der Waals surface area contributed by atoms with Crippen LogP contribution < -0.4 is 0 Å². The summed E-state index contributed by atoms with van der Waals surface area (Å²) in [6, 6.07) is 0. The zero-order valence-electron chi connectivity index (χ0n) is 3.71. The van der Waals surface area contributed by atoms with E-state index in [4.69, 9.17) is 23.2 Å². The highest BCUT2D eigenvalue weighted by Crippen LogP contribution is 2.20. The van der Waals surface area contributed by atoms with Crippen LogP contribution in [0, 0.1) is 0 Å². The molecule has 0 aliphatic heterocycles. The van der Waals surface area contributed by atoms with Crippen molar-refractivity contribution in [3.8, 4) is 0 Å². The van der Waals surface area contributed by atoms with E-state index in [0.717, 1.165) is 0 Å². The fourth-order valence-electron chi connectivity index (χ4n) is 0.267. The largest absolute Gasteiger partial charge is 0.345 e. The molecule has 1 aromatic heterocycles. The lowest BCUT2D eigenvalue weighted by atomic mass is 10.6. The van der Waals surface area contributed by atoms with E-state index in [2.05, 4.69) is 14.9 Å². The lowest BCUT2D eigenvalue weighted by molar-refractivity contribution is 0.392. The molecule has 0 radical (unpaired) electrons. The third kappa shape index (κ3) is 1.11. The summed E-state index contributed by atoms with van der Waals surface area (Å²) in [7, 11) is 0. The van der Waals surface area contributed by atoms with Gasteiger partial charge in [0.15, 0.2) is 4.84 Å². The van der Waals surface area contributed by atoms with Gasteiger partial charge in [-0.05, 0) is 0 Å². The SMILES string of the molecule is ClC(Cl)c1conn1. The fraction of sp³-hybridized carbons (Fsp3) is 0.333.